The van der Waals surface area contributed by atoms with Gasteiger partial charge in [0.2, 0.25) is 0 Å². The third-order valence-corrected chi connectivity index (χ3v) is 3.83. The predicted octanol–water partition coefficient (Wildman–Crippen LogP) is 3.01. The van der Waals surface area contributed by atoms with E-state index >= 15 is 0 Å². The van der Waals surface area contributed by atoms with Gasteiger partial charge < -0.3 is 5.43 Å². The SMILES string of the molecule is NNc1nc(-c2ncc(Cl)cc2Cl)nc2c1CCCC2. The first kappa shape index (κ1) is 13.5. The number of aromatic nitrogens is 3. The van der Waals surface area contributed by atoms with E-state index in [2.05, 4.69) is 20.4 Å². The number of hydrazine groups is 1. The molecule has 0 fully saturated rings. The molecule has 0 saturated heterocycles. The topological polar surface area (TPSA) is 76.7 Å². The lowest BCUT2D eigenvalue weighted by Crippen LogP contribution is -2.17. The van der Waals surface area contributed by atoms with E-state index in [0.29, 0.717) is 27.4 Å². The number of nitrogens with zero attached hydrogens (tertiary/aromatic N) is 3. The number of hydrogen-bond donors (Lipinski definition) is 2. The van der Waals surface area contributed by atoms with Gasteiger partial charge in [-0.1, -0.05) is 23.2 Å². The first-order valence-corrected chi connectivity index (χ1v) is 7.12. The van der Waals surface area contributed by atoms with Crippen LogP contribution in [0, 0.1) is 0 Å². The molecule has 1 aliphatic carbocycles. The van der Waals surface area contributed by atoms with E-state index in [1.165, 1.54) is 6.20 Å². The molecule has 2 aromatic heterocycles. The van der Waals surface area contributed by atoms with Gasteiger partial charge in [-0.2, -0.15) is 0 Å². The summed E-state index contributed by atoms with van der Waals surface area (Å²) in [6.07, 6.45) is 5.64. The number of hydrogen-bond acceptors (Lipinski definition) is 5. The Kier molecular flexibility index (Phi) is 3.74. The van der Waals surface area contributed by atoms with E-state index in [0.717, 1.165) is 36.9 Å². The smallest absolute Gasteiger partial charge is 0.182 e. The molecule has 2 heterocycles. The van der Waals surface area contributed by atoms with E-state index < -0.39 is 0 Å². The average Bonchev–Trinajstić information content (AvgIpc) is 2.46. The van der Waals surface area contributed by atoms with Crippen molar-refractivity contribution < 1.29 is 0 Å². The number of rotatable bonds is 2. The lowest BCUT2D eigenvalue weighted by molar-refractivity contribution is 0.664. The first-order valence-electron chi connectivity index (χ1n) is 6.37. The zero-order valence-corrected chi connectivity index (χ0v) is 12.2. The Bertz CT molecular complexity index is 642. The second-order valence-corrected chi connectivity index (χ2v) is 5.50. The van der Waals surface area contributed by atoms with Crippen molar-refractivity contribution in [2.45, 2.75) is 25.7 Å². The number of nitrogens with one attached hydrogen (secondary N) is 1. The molecule has 0 aliphatic heterocycles. The van der Waals surface area contributed by atoms with Gasteiger partial charge in [-0.15, -0.1) is 0 Å². The van der Waals surface area contributed by atoms with Crippen LogP contribution in [-0.2, 0) is 12.8 Å². The molecule has 0 saturated carbocycles. The number of pyridine rings is 1. The third-order valence-electron chi connectivity index (χ3n) is 3.34. The summed E-state index contributed by atoms with van der Waals surface area (Å²) in [7, 11) is 0. The van der Waals surface area contributed by atoms with Gasteiger partial charge in [-0.3, -0.25) is 0 Å². The highest BCUT2D eigenvalue weighted by Crippen LogP contribution is 2.30. The maximum atomic E-state index is 6.16. The Balaban J connectivity index is 2.14. The monoisotopic (exact) mass is 309 g/mol. The normalized spacial score (nSPS) is 13.9. The molecular weight excluding hydrogens is 297 g/mol. The van der Waals surface area contributed by atoms with Crippen LogP contribution in [0.4, 0.5) is 5.82 Å². The molecule has 0 aromatic carbocycles. The largest absolute Gasteiger partial charge is 0.308 e. The zero-order valence-electron chi connectivity index (χ0n) is 10.7. The van der Waals surface area contributed by atoms with Crippen molar-refractivity contribution in [2.75, 3.05) is 5.43 Å². The minimum absolute atomic E-state index is 0.427. The van der Waals surface area contributed by atoms with E-state index in [-0.39, 0.29) is 0 Å². The molecule has 1 aliphatic rings. The molecule has 0 atom stereocenters. The van der Waals surface area contributed by atoms with Crippen molar-refractivity contribution in [1.29, 1.82) is 0 Å². The summed E-state index contributed by atoms with van der Waals surface area (Å²) in [6.45, 7) is 0. The number of nitrogens with two attached hydrogens (primary N) is 1. The fraction of sp³-hybridized carbons (Fsp3) is 0.308. The minimum atomic E-state index is 0.427. The second kappa shape index (κ2) is 5.52. The number of anilines is 1. The number of aryl methyl sites for hydroxylation is 1. The van der Waals surface area contributed by atoms with Gasteiger partial charge in [0.15, 0.2) is 5.82 Å². The Morgan fingerprint density at radius 1 is 1.15 bits per heavy atom. The third kappa shape index (κ3) is 2.44. The summed E-state index contributed by atoms with van der Waals surface area (Å²) in [5.74, 6) is 6.69. The van der Waals surface area contributed by atoms with Crippen LogP contribution >= 0.6 is 23.2 Å². The second-order valence-electron chi connectivity index (χ2n) is 4.66. The summed E-state index contributed by atoms with van der Waals surface area (Å²) >= 11 is 12.0. The van der Waals surface area contributed by atoms with Crippen LogP contribution < -0.4 is 11.3 Å². The van der Waals surface area contributed by atoms with E-state index in [1.54, 1.807) is 6.07 Å². The summed E-state index contributed by atoms with van der Waals surface area (Å²) in [5, 5.41) is 0.908. The molecule has 0 spiro atoms. The lowest BCUT2D eigenvalue weighted by Gasteiger charge is -2.18. The molecule has 0 unspecified atom stereocenters. The summed E-state index contributed by atoms with van der Waals surface area (Å²) < 4.78 is 0. The molecule has 20 heavy (non-hydrogen) atoms. The highest BCUT2D eigenvalue weighted by Gasteiger charge is 2.19. The highest BCUT2D eigenvalue weighted by atomic mass is 35.5. The molecular formula is C13H13Cl2N5. The van der Waals surface area contributed by atoms with Gasteiger partial charge in [0.25, 0.3) is 0 Å². The van der Waals surface area contributed by atoms with Crippen LogP contribution in [0.1, 0.15) is 24.1 Å². The Morgan fingerprint density at radius 2 is 1.95 bits per heavy atom. The number of nitrogen functional groups attached to an aromatic ring is 1. The van der Waals surface area contributed by atoms with Crippen molar-refractivity contribution in [3.63, 3.8) is 0 Å². The van der Waals surface area contributed by atoms with Gasteiger partial charge >= 0.3 is 0 Å². The van der Waals surface area contributed by atoms with Crippen LogP contribution in [0.5, 0.6) is 0 Å². The first-order chi connectivity index (χ1) is 9.69. The number of fused-ring (bicyclic) bond motifs is 1. The van der Waals surface area contributed by atoms with Crippen molar-refractivity contribution in [3.05, 3.63) is 33.6 Å². The Morgan fingerprint density at radius 3 is 2.70 bits per heavy atom. The van der Waals surface area contributed by atoms with Crippen LogP contribution in [-0.4, -0.2) is 15.0 Å². The van der Waals surface area contributed by atoms with Crippen molar-refractivity contribution in [3.8, 4) is 11.5 Å². The summed E-state index contributed by atoms with van der Waals surface area (Å²) in [5.41, 5.74) is 5.27. The molecule has 0 radical (unpaired) electrons. The van der Waals surface area contributed by atoms with Crippen LogP contribution in [0.2, 0.25) is 10.0 Å². The fourth-order valence-corrected chi connectivity index (χ4v) is 2.86. The highest BCUT2D eigenvalue weighted by molar-refractivity contribution is 6.35. The Labute approximate surface area is 126 Å². The maximum Gasteiger partial charge on any atom is 0.182 e. The molecule has 0 bridgehead atoms. The minimum Gasteiger partial charge on any atom is -0.308 e. The molecule has 3 N–H and O–H groups in total. The molecule has 2 aromatic rings. The van der Waals surface area contributed by atoms with Crippen LogP contribution in [0.3, 0.4) is 0 Å². The van der Waals surface area contributed by atoms with Gasteiger partial charge in [0, 0.05) is 17.5 Å². The maximum absolute atomic E-state index is 6.16. The molecule has 0 amide bonds. The fourth-order valence-electron chi connectivity index (χ4n) is 2.40. The Hall–Kier alpha value is -1.43. The van der Waals surface area contributed by atoms with Crippen LogP contribution in [0.15, 0.2) is 12.3 Å². The van der Waals surface area contributed by atoms with Crippen molar-refractivity contribution >= 4 is 29.0 Å². The molecule has 7 heteroatoms. The summed E-state index contributed by atoms with van der Waals surface area (Å²) in [4.78, 5) is 13.2. The molecule has 5 nitrogen and oxygen atoms in total. The molecule has 104 valence electrons. The van der Waals surface area contributed by atoms with E-state index in [1.807, 2.05) is 0 Å². The van der Waals surface area contributed by atoms with Gasteiger partial charge in [-0.05, 0) is 31.7 Å². The predicted molar refractivity (Wildman–Crippen MR) is 79.7 cm³/mol. The van der Waals surface area contributed by atoms with E-state index in [4.69, 9.17) is 29.0 Å². The zero-order chi connectivity index (χ0) is 14.1. The van der Waals surface area contributed by atoms with Gasteiger partial charge in [0.05, 0.1) is 10.0 Å². The van der Waals surface area contributed by atoms with Crippen molar-refractivity contribution in [2.24, 2.45) is 5.84 Å². The summed E-state index contributed by atoms with van der Waals surface area (Å²) in [6, 6.07) is 1.63. The quantitative estimate of drug-likeness (QED) is 0.658. The lowest BCUT2D eigenvalue weighted by atomic mass is 9.96. The standard InChI is InChI=1S/C13H13Cl2N5/c14-7-5-9(15)11(17-6-7)13-18-10-4-2-1-3-8(10)12(19-13)20-16/h5-6H,1-4,16H2,(H,18,19,20). The number of halogens is 2. The van der Waals surface area contributed by atoms with E-state index in [9.17, 15) is 0 Å². The molecule has 3 rings (SSSR count). The van der Waals surface area contributed by atoms with Crippen LogP contribution in [0.25, 0.3) is 11.5 Å². The average molecular weight is 310 g/mol. The van der Waals surface area contributed by atoms with Gasteiger partial charge in [-0.25, -0.2) is 20.8 Å². The van der Waals surface area contributed by atoms with Gasteiger partial charge in [0.1, 0.15) is 11.5 Å². The van der Waals surface area contributed by atoms with Crippen molar-refractivity contribution in [1.82, 2.24) is 15.0 Å².